The summed E-state index contributed by atoms with van der Waals surface area (Å²) in [5, 5.41) is 8.47. The maximum atomic E-state index is 12.3. The van der Waals surface area contributed by atoms with Crippen molar-refractivity contribution in [2.24, 2.45) is 0 Å². The summed E-state index contributed by atoms with van der Waals surface area (Å²) in [6.07, 6.45) is 1.82. The zero-order chi connectivity index (χ0) is 19.8. The molecule has 1 heterocycles. The number of ether oxygens (including phenoxy) is 2. The highest BCUT2D eigenvalue weighted by molar-refractivity contribution is 7.14. The Labute approximate surface area is 168 Å². The molecular weight excluding hydrogens is 374 g/mol. The van der Waals surface area contributed by atoms with Crippen LogP contribution in [0.5, 0.6) is 11.5 Å². The Morgan fingerprint density at radius 2 is 1.93 bits per heavy atom. The van der Waals surface area contributed by atoms with Crippen molar-refractivity contribution < 1.29 is 14.3 Å². The van der Waals surface area contributed by atoms with E-state index in [1.54, 1.807) is 25.7 Å². The number of aromatic nitrogens is 1. The van der Waals surface area contributed by atoms with Crippen LogP contribution in [0.4, 0.5) is 10.8 Å². The van der Waals surface area contributed by atoms with Crippen molar-refractivity contribution in [1.29, 1.82) is 0 Å². The second-order valence-electron chi connectivity index (χ2n) is 6.07. The molecule has 0 aliphatic heterocycles. The summed E-state index contributed by atoms with van der Waals surface area (Å²) in [7, 11) is 3.20. The third kappa shape index (κ3) is 5.23. The molecule has 28 heavy (non-hydrogen) atoms. The summed E-state index contributed by atoms with van der Waals surface area (Å²) < 4.78 is 10.6. The van der Waals surface area contributed by atoms with E-state index in [1.807, 2.05) is 30.3 Å². The van der Waals surface area contributed by atoms with Gasteiger partial charge in [-0.15, -0.1) is 11.3 Å². The lowest BCUT2D eigenvalue weighted by Crippen LogP contribution is -2.25. The standard InChI is InChI=1S/C21H23N3O3S/c1-26-16-10-11-17(19(13-16)27-2)23-21-24-18(14-28-21)20(25)22-12-6-9-15-7-4-3-5-8-15/h3-5,7-8,10-11,13-14H,6,9,12H2,1-2H3,(H,22,25)(H,23,24). The molecule has 0 atom stereocenters. The Kier molecular flexibility index (Phi) is 6.86. The molecule has 7 heteroatoms. The van der Waals surface area contributed by atoms with Gasteiger partial charge in [0.2, 0.25) is 0 Å². The number of anilines is 2. The maximum Gasteiger partial charge on any atom is 0.270 e. The molecule has 1 amide bonds. The summed E-state index contributed by atoms with van der Waals surface area (Å²) >= 11 is 1.37. The van der Waals surface area contributed by atoms with Gasteiger partial charge in [-0.1, -0.05) is 30.3 Å². The normalized spacial score (nSPS) is 10.4. The number of hydrogen-bond donors (Lipinski definition) is 2. The summed E-state index contributed by atoms with van der Waals surface area (Å²) in [5.74, 6) is 1.18. The van der Waals surface area contributed by atoms with E-state index in [0.29, 0.717) is 28.9 Å². The first-order valence-electron chi connectivity index (χ1n) is 8.96. The van der Waals surface area contributed by atoms with Gasteiger partial charge in [-0.2, -0.15) is 0 Å². The third-order valence-electron chi connectivity index (χ3n) is 4.16. The molecule has 0 fully saturated rings. The van der Waals surface area contributed by atoms with Gasteiger partial charge < -0.3 is 20.1 Å². The number of nitrogens with zero attached hydrogens (tertiary/aromatic N) is 1. The molecule has 2 N–H and O–H groups in total. The van der Waals surface area contributed by atoms with Crippen molar-refractivity contribution in [3.05, 3.63) is 65.2 Å². The van der Waals surface area contributed by atoms with Crippen LogP contribution in [0.3, 0.4) is 0 Å². The van der Waals surface area contributed by atoms with Crippen LogP contribution >= 0.6 is 11.3 Å². The van der Waals surface area contributed by atoms with Crippen molar-refractivity contribution in [3.8, 4) is 11.5 Å². The molecule has 3 aromatic rings. The Balaban J connectivity index is 1.52. The fourth-order valence-electron chi connectivity index (χ4n) is 2.68. The van der Waals surface area contributed by atoms with Crippen LogP contribution in [0.1, 0.15) is 22.5 Å². The zero-order valence-electron chi connectivity index (χ0n) is 15.9. The van der Waals surface area contributed by atoms with Gasteiger partial charge in [0.05, 0.1) is 19.9 Å². The molecule has 146 valence electrons. The van der Waals surface area contributed by atoms with E-state index in [2.05, 4.69) is 27.8 Å². The molecule has 0 saturated carbocycles. The summed E-state index contributed by atoms with van der Waals surface area (Å²) in [4.78, 5) is 16.7. The number of amides is 1. The van der Waals surface area contributed by atoms with Crippen molar-refractivity contribution in [1.82, 2.24) is 10.3 Å². The van der Waals surface area contributed by atoms with E-state index in [-0.39, 0.29) is 5.91 Å². The van der Waals surface area contributed by atoms with Gasteiger partial charge >= 0.3 is 0 Å². The van der Waals surface area contributed by atoms with Crippen LogP contribution in [-0.2, 0) is 6.42 Å². The molecule has 0 aliphatic rings. The van der Waals surface area contributed by atoms with E-state index in [0.717, 1.165) is 18.5 Å². The summed E-state index contributed by atoms with van der Waals surface area (Å²) in [6, 6.07) is 15.7. The topological polar surface area (TPSA) is 72.5 Å². The van der Waals surface area contributed by atoms with Crippen molar-refractivity contribution >= 4 is 28.1 Å². The first-order valence-corrected chi connectivity index (χ1v) is 9.84. The largest absolute Gasteiger partial charge is 0.497 e. The minimum absolute atomic E-state index is 0.168. The van der Waals surface area contributed by atoms with Gasteiger partial charge in [0.15, 0.2) is 5.13 Å². The molecule has 3 rings (SSSR count). The molecule has 0 unspecified atom stereocenters. The number of carbonyl (C=O) groups excluding carboxylic acids is 1. The van der Waals surface area contributed by atoms with Crippen LogP contribution < -0.4 is 20.1 Å². The molecule has 1 aromatic heterocycles. The second-order valence-corrected chi connectivity index (χ2v) is 6.93. The molecule has 0 saturated heterocycles. The quantitative estimate of drug-likeness (QED) is 0.528. The second kappa shape index (κ2) is 9.75. The number of methoxy groups -OCH3 is 2. The monoisotopic (exact) mass is 397 g/mol. The zero-order valence-corrected chi connectivity index (χ0v) is 16.7. The molecule has 2 aromatic carbocycles. The molecule has 0 radical (unpaired) electrons. The predicted molar refractivity (Wildman–Crippen MR) is 112 cm³/mol. The molecule has 6 nitrogen and oxygen atoms in total. The fourth-order valence-corrected chi connectivity index (χ4v) is 3.39. The van der Waals surface area contributed by atoms with Gasteiger partial charge in [0.25, 0.3) is 5.91 Å². The van der Waals surface area contributed by atoms with Crippen LogP contribution in [0, 0.1) is 0 Å². The number of aryl methyl sites for hydroxylation is 1. The number of benzene rings is 2. The summed E-state index contributed by atoms with van der Waals surface area (Å²) in [6.45, 7) is 0.611. The van der Waals surface area contributed by atoms with E-state index in [9.17, 15) is 4.79 Å². The predicted octanol–water partition coefficient (Wildman–Crippen LogP) is 4.27. The van der Waals surface area contributed by atoms with Crippen molar-refractivity contribution in [2.45, 2.75) is 12.8 Å². The summed E-state index contributed by atoms with van der Waals surface area (Å²) in [5.41, 5.74) is 2.43. The minimum atomic E-state index is -0.168. The Morgan fingerprint density at radius 1 is 1.11 bits per heavy atom. The van der Waals surface area contributed by atoms with Gasteiger partial charge in [0, 0.05) is 18.0 Å². The van der Waals surface area contributed by atoms with Crippen LogP contribution in [0.2, 0.25) is 0 Å². The number of rotatable bonds is 9. The molecular formula is C21H23N3O3S. The van der Waals surface area contributed by atoms with Gasteiger partial charge in [-0.05, 0) is 30.5 Å². The fraction of sp³-hybridized carbons (Fsp3) is 0.238. The highest BCUT2D eigenvalue weighted by Crippen LogP contribution is 2.32. The van der Waals surface area contributed by atoms with Crippen LogP contribution in [0.15, 0.2) is 53.9 Å². The van der Waals surface area contributed by atoms with Crippen LogP contribution in [-0.4, -0.2) is 31.7 Å². The lowest BCUT2D eigenvalue weighted by molar-refractivity contribution is 0.0949. The van der Waals surface area contributed by atoms with Crippen LogP contribution in [0.25, 0.3) is 0 Å². The lowest BCUT2D eigenvalue weighted by Gasteiger charge is -2.10. The van der Waals surface area contributed by atoms with E-state index in [1.165, 1.54) is 16.9 Å². The highest BCUT2D eigenvalue weighted by atomic mass is 32.1. The van der Waals surface area contributed by atoms with E-state index < -0.39 is 0 Å². The highest BCUT2D eigenvalue weighted by Gasteiger charge is 2.12. The van der Waals surface area contributed by atoms with E-state index in [4.69, 9.17) is 9.47 Å². The molecule has 0 spiro atoms. The SMILES string of the molecule is COc1ccc(Nc2nc(C(=O)NCCCc3ccccc3)cs2)c(OC)c1. The van der Waals surface area contributed by atoms with Crippen molar-refractivity contribution in [2.75, 3.05) is 26.1 Å². The van der Waals surface area contributed by atoms with Gasteiger partial charge in [0.1, 0.15) is 17.2 Å². The third-order valence-corrected chi connectivity index (χ3v) is 4.92. The Morgan fingerprint density at radius 3 is 2.68 bits per heavy atom. The first kappa shape index (κ1) is 19.7. The number of carbonyl (C=O) groups is 1. The van der Waals surface area contributed by atoms with Crippen molar-refractivity contribution in [3.63, 3.8) is 0 Å². The average Bonchev–Trinajstić information content (AvgIpc) is 3.21. The van der Waals surface area contributed by atoms with Gasteiger partial charge in [-0.25, -0.2) is 4.98 Å². The lowest BCUT2D eigenvalue weighted by atomic mass is 10.1. The minimum Gasteiger partial charge on any atom is -0.497 e. The maximum absolute atomic E-state index is 12.3. The van der Waals surface area contributed by atoms with E-state index >= 15 is 0 Å². The number of nitrogens with one attached hydrogen (secondary N) is 2. The average molecular weight is 398 g/mol. The number of hydrogen-bond acceptors (Lipinski definition) is 6. The molecule has 0 aliphatic carbocycles. The Bertz CT molecular complexity index is 912. The Hall–Kier alpha value is -3.06. The number of thiazole rings is 1. The smallest absolute Gasteiger partial charge is 0.270 e. The molecule has 0 bridgehead atoms. The first-order chi connectivity index (χ1) is 13.7. The van der Waals surface area contributed by atoms with Gasteiger partial charge in [-0.3, -0.25) is 4.79 Å².